The minimum atomic E-state index is 0.804. The normalized spacial score (nSPS) is 9.64. The van der Waals surface area contributed by atoms with Crippen LogP contribution in [0, 0.1) is 12.3 Å². The van der Waals surface area contributed by atoms with Crippen LogP contribution in [0.5, 0.6) is 0 Å². The van der Waals surface area contributed by atoms with E-state index >= 15 is 0 Å². The zero-order chi connectivity index (χ0) is 10.1. The third-order valence-corrected chi connectivity index (χ3v) is 1.87. The lowest BCUT2D eigenvalue weighted by atomic mass is 10.2. The van der Waals surface area contributed by atoms with Gasteiger partial charge in [0.15, 0.2) is 0 Å². The summed E-state index contributed by atoms with van der Waals surface area (Å²) < 4.78 is 0. The zero-order valence-electron chi connectivity index (χ0n) is 8.24. The van der Waals surface area contributed by atoms with Crippen molar-refractivity contribution < 1.29 is 0 Å². The molecule has 1 aromatic heterocycles. The summed E-state index contributed by atoms with van der Waals surface area (Å²) in [5, 5.41) is 3.30. The molecule has 3 heteroatoms. The predicted molar refractivity (Wildman–Crippen MR) is 56.4 cm³/mol. The van der Waals surface area contributed by atoms with Crippen molar-refractivity contribution in [2.75, 3.05) is 6.54 Å². The van der Waals surface area contributed by atoms with Crippen molar-refractivity contribution in [2.24, 2.45) is 0 Å². The Balaban J connectivity index is 2.03. The molecule has 0 amide bonds. The van der Waals surface area contributed by atoms with E-state index in [0.29, 0.717) is 0 Å². The number of rotatable bonds is 6. The molecular weight excluding hydrogens is 174 g/mol. The highest BCUT2D eigenvalue weighted by Gasteiger charge is 1.91. The number of unbranched alkanes of at least 4 members (excludes halogenated alkanes) is 2. The Morgan fingerprint density at radius 3 is 3.07 bits per heavy atom. The summed E-state index contributed by atoms with van der Waals surface area (Å²) in [6, 6.07) is 1.91. The summed E-state index contributed by atoms with van der Waals surface area (Å²) in [5.74, 6) is 2.63. The quantitative estimate of drug-likeness (QED) is 0.542. The molecule has 0 unspecified atom stereocenters. The standard InChI is InChI=1S/C11H15N3/c1-2-3-4-5-7-12-9-11-6-8-13-10-14-11/h1,6,8,10,12H,3-5,7,9H2. The minimum Gasteiger partial charge on any atom is -0.311 e. The second-order valence-electron chi connectivity index (χ2n) is 3.04. The summed E-state index contributed by atoms with van der Waals surface area (Å²) in [4.78, 5) is 7.96. The Kier molecular flexibility index (Phi) is 5.38. The fourth-order valence-corrected chi connectivity index (χ4v) is 1.12. The molecule has 0 aliphatic rings. The van der Waals surface area contributed by atoms with Gasteiger partial charge in [-0.05, 0) is 25.5 Å². The molecule has 0 radical (unpaired) electrons. The van der Waals surface area contributed by atoms with Crippen LogP contribution in [-0.4, -0.2) is 16.5 Å². The van der Waals surface area contributed by atoms with Crippen LogP contribution in [0.4, 0.5) is 0 Å². The highest BCUT2D eigenvalue weighted by atomic mass is 14.9. The van der Waals surface area contributed by atoms with Crippen LogP contribution in [0.2, 0.25) is 0 Å². The Morgan fingerprint density at radius 1 is 1.43 bits per heavy atom. The van der Waals surface area contributed by atoms with Gasteiger partial charge in [-0.3, -0.25) is 0 Å². The highest BCUT2D eigenvalue weighted by Crippen LogP contribution is 1.93. The van der Waals surface area contributed by atoms with Crippen LogP contribution in [0.15, 0.2) is 18.6 Å². The first-order valence-electron chi connectivity index (χ1n) is 4.82. The molecule has 1 N–H and O–H groups in total. The molecule has 1 heterocycles. The molecule has 0 aliphatic carbocycles. The van der Waals surface area contributed by atoms with E-state index in [0.717, 1.165) is 38.0 Å². The fourth-order valence-electron chi connectivity index (χ4n) is 1.12. The van der Waals surface area contributed by atoms with Crippen molar-refractivity contribution in [2.45, 2.75) is 25.8 Å². The van der Waals surface area contributed by atoms with Gasteiger partial charge >= 0.3 is 0 Å². The minimum absolute atomic E-state index is 0.804. The Labute approximate surface area is 85.0 Å². The first-order valence-corrected chi connectivity index (χ1v) is 4.82. The van der Waals surface area contributed by atoms with E-state index < -0.39 is 0 Å². The molecule has 0 fully saturated rings. The van der Waals surface area contributed by atoms with Crippen molar-refractivity contribution in [3.05, 3.63) is 24.3 Å². The molecule has 0 aliphatic heterocycles. The van der Waals surface area contributed by atoms with Crippen LogP contribution < -0.4 is 5.32 Å². The Hall–Kier alpha value is -1.40. The number of terminal acetylenes is 1. The van der Waals surface area contributed by atoms with Gasteiger partial charge in [-0.25, -0.2) is 9.97 Å². The molecule has 0 saturated carbocycles. The van der Waals surface area contributed by atoms with Crippen molar-refractivity contribution in [3.63, 3.8) is 0 Å². The average Bonchev–Trinajstić information content (AvgIpc) is 2.25. The predicted octanol–water partition coefficient (Wildman–Crippen LogP) is 1.37. The van der Waals surface area contributed by atoms with Gasteiger partial charge in [-0.1, -0.05) is 0 Å². The molecule has 74 valence electrons. The van der Waals surface area contributed by atoms with Crippen LogP contribution in [0.3, 0.4) is 0 Å². The van der Waals surface area contributed by atoms with E-state index in [-0.39, 0.29) is 0 Å². The molecule has 0 atom stereocenters. The topological polar surface area (TPSA) is 37.8 Å². The van der Waals surface area contributed by atoms with Crippen LogP contribution in [0.1, 0.15) is 25.0 Å². The number of nitrogens with zero attached hydrogens (tertiary/aromatic N) is 2. The molecule has 14 heavy (non-hydrogen) atoms. The van der Waals surface area contributed by atoms with E-state index in [1.54, 1.807) is 12.5 Å². The third kappa shape index (κ3) is 4.58. The van der Waals surface area contributed by atoms with Crippen molar-refractivity contribution >= 4 is 0 Å². The largest absolute Gasteiger partial charge is 0.311 e. The van der Waals surface area contributed by atoms with Gasteiger partial charge < -0.3 is 5.32 Å². The molecule has 0 spiro atoms. The van der Waals surface area contributed by atoms with Gasteiger partial charge in [0.25, 0.3) is 0 Å². The van der Waals surface area contributed by atoms with Gasteiger partial charge in [0.1, 0.15) is 6.33 Å². The summed E-state index contributed by atoms with van der Waals surface area (Å²) in [7, 11) is 0. The molecule has 1 rings (SSSR count). The Bertz CT molecular complexity index is 276. The third-order valence-electron chi connectivity index (χ3n) is 1.87. The SMILES string of the molecule is C#CCCCCNCc1ccncn1. The second-order valence-corrected chi connectivity index (χ2v) is 3.04. The first kappa shape index (κ1) is 10.7. The molecular formula is C11H15N3. The number of nitrogens with one attached hydrogen (secondary N) is 1. The smallest absolute Gasteiger partial charge is 0.115 e. The van der Waals surface area contributed by atoms with Crippen LogP contribution in [-0.2, 0) is 6.54 Å². The maximum absolute atomic E-state index is 5.15. The summed E-state index contributed by atoms with van der Waals surface area (Å²) in [6.45, 7) is 1.80. The van der Waals surface area contributed by atoms with Gasteiger partial charge in [-0.2, -0.15) is 0 Å². The monoisotopic (exact) mass is 189 g/mol. The molecule has 3 nitrogen and oxygen atoms in total. The second kappa shape index (κ2) is 7.05. The van der Waals surface area contributed by atoms with Gasteiger partial charge in [0.05, 0.1) is 5.69 Å². The Morgan fingerprint density at radius 2 is 2.36 bits per heavy atom. The lowest BCUT2D eigenvalue weighted by molar-refractivity contribution is 0.622. The van der Waals surface area contributed by atoms with Crippen LogP contribution >= 0.6 is 0 Å². The molecule has 0 aromatic carbocycles. The van der Waals surface area contributed by atoms with Gasteiger partial charge in [0.2, 0.25) is 0 Å². The fraction of sp³-hybridized carbons (Fsp3) is 0.455. The number of hydrogen-bond donors (Lipinski definition) is 1. The summed E-state index contributed by atoms with van der Waals surface area (Å²) in [5.41, 5.74) is 1.02. The van der Waals surface area contributed by atoms with E-state index in [1.807, 2.05) is 6.07 Å². The van der Waals surface area contributed by atoms with E-state index in [4.69, 9.17) is 6.42 Å². The number of hydrogen-bond acceptors (Lipinski definition) is 3. The van der Waals surface area contributed by atoms with E-state index in [1.165, 1.54) is 0 Å². The lowest BCUT2D eigenvalue weighted by Crippen LogP contribution is -2.15. The zero-order valence-corrected chi connectivity index (χ0v) is 8.24. The average molecular weight is 189 g/mol. The summed E-state index contributed by atoms with van der Waals surface area (Å²) >= 11 is 0. The van der Waals surface area contributed by atoms with Gasteiger partial charge in [-0.15, -0.1) is 12.3 Å². The van der Waals surface area contributed by atoms with E-state index in [9.17, 15) is 0 Å². The van der Waals surface area contributed by atoms with Gasteiger partial charge in [0, 0.05) is 19.2 Å². The number of aromatic nitrogens is 2. The highest BCUT2D eigenvalue weighted by molar-refractivity contribution is 4.96. The molecule has 1 aromatic rings. The van der Waals surface area contributed by atoms with E-state index in [2.05, 4.69) is 21.2 Å². The lowest BCUT2D eigenvalue weighted by Gasteiger charge is -2.02. The first-order chi connectivity index (χ1) is 6.93. The van der Waals surface area contributed by atoms with Crippen molar-refractivity contribution in [3.8, 4) is 12.3 Å². The maximum atomic E-state index is 5.15. The van der Waals surface area contributed by atoms with Crippen LogP contribution in [0.25, 0.3) is 0 Å². The molecule has 0 bridgehead atoms. The van der Waals surface area contributed by atoms with Crippen molar-refractivity contribution in [1.29, 1.82) is 0 Å². The van der Waals surface area contributed by atoms with Crippen molar-refractivity contribution in [1.82, 2.24) is 15.3 Å². The maximum Gasteiger partial charge on any atom is 0.115 e. The summed E-state index contributed by atoms with van der Waals surface area (Å²) in [6.07, 6.45) is 11.5. The molecule has 0 saturated heterocycles.